The second-order valence-electron chi connectivity index (χ2n) is 6.65. The molecule has 0 spiro atoms. The number of alkyl carbamates (subject to hydrolysis) is 1. The van der Waals surface area contributed by atoms with Crippen molar-refractivity contribution in [3.8, 4) is 5.75 Å². The SMILES string of the molecule is CC(C)(C)OC(=O)N[C@@H](Cn1cc(I)cn1)C(=O)COc1ccccc1. The number of halogens is 1. The van der Waals surface area contributed by atoms with Gasteiger partial charge in [-0.2, -0.15) is 5.10 Å². The lowest BCUT2D eigenvalue weighted by Gasteiger charge is -2.23. The monoisotopic (exact) mass is 471 g/mol. The van der Waals surface area contributed by atoms with Gasteiger partial charge in [0.1, 0.15) is 24.0 Å². The van der Waals surface area contributed by atoms with E-state index in [-0.39, 0.29) is 18.9 Å². The Labute approximate surface area is 166 Å². The normalized spacial score (nSPS) is 12.3. The number of hydrogen-bond donors (Lipinski definition) is 1. The third-order valence-electron chi connectivity index (χ3n) is 3.18. The molecule has 1 amide bonds. The Morgan fingerprint density at radius 2 is 1.96 bits per heavy atom. The zero-order valence-electron chi connectivity index (χ0n) is 14.9. The summed E-state index contributed by atoms with van der Waals surface area (Å²) in [5.41, 5.74) is -0.653. The number of Topliss-reactive ketones (excluding diaryl/α,β-unsaturated/α-hetero) is 1. The van der Waals surface area contributed by atoms with Gasteiger partial charge in [-0.25, -0.2) is 4.79 Å². The molecule has 1 aromatic heterocycles. The van der Waals surface area contributed by atoms with Crippen LogP contribution in [0.2, 0.25) is 0 Å². The van der Waals surface area contributed by atoms with E-state index in [4.69, 9.17) is 9.47 Å². The van der Waals surface area contributed by atoms with Crippen LogP contribution in [0.15, 0.2) is 42.7 Å². The lowest BCUT2D eigenvalue weighted by atomic mass is 10.2. The zero-order chi connectivity index (χ0) is 19.2. The van der Waals surface area contributed by atoms with Crippen LogP contribution in [0.3, 0.4) is 0 Å². The van der Waals surface area contributed by atoms with Gasteiger partial charge in [-0.3, -0.25) is 9.48 Å². The largest absolute Gasteiger partial charge is 0.486 e. The smallest absolute Gasteiger partial charge is 0.408 e. The minimum absolute atomic E-state index is 0.164. The fourth-order valence-corrected chi connectivity index (χ4v) is 2.52. The van der Waals surface area contributed by atoms with Crippen molar-refractivity contribution < 1.29 is 19.1 Å². The summed E-state index contributed by atoms with van der Waals surface area (Å²) in [6, 6.07) is 8.22. The summed E-state index contributed by atoms with van der Waals surface area (Å²) in [6.45, 7) is 5.31. The first-order valence-electron chi connectivity index (χ1n) is 8.11. The van der Waals surface area contributed by atoms with Gasteiger partial charge in [-0.1, -0.05) is 18.2 Å². The number of amides is 1. The number of carbonyl (C=O) groups excluding carboxylic acids is 2. The van der Waals surface area contributed by atoms with E-state index in [2.05, 4.69) is 33.0 Å². The number of ether oxygens (including phenoxy) is 2. The molecule has 0 aliphatic rings. The van der Waals surface area contributed by atoms with Crippen molar-refractivity contribution in [2.75, 3.05) is 6.61 Å². The lowest BCUT2D eigenvalue weighted by Crippen LogP contribution is -2.47. The van der Waals surface area contributed by atoms with E-state index in [9.17, 15) is 9.59 Å². The van der Waals surface area contributed by atoms with Crippen LogP contribution < -0.4 is 10.1 Å². The highest BCUT2D eigenvalue weighted by molar-refractivity contribution is 14.1. The maximum absolute atomic E-state index is 12.6. The van der Waals surface area contributed by atoms with Crippen LogP contribution in [-0.2, 0) is 16.1 Å². The number of para-hydroxylation sites is 1. The molecule has 0 saturated heterocycles. The number of hydrogen-bond acceptors (Lipinski definition) is 5. The number of carbonyl (C=O) groups is 2. The van der Waals surface area contributed by atoms with Crippen molar-refractivity contribution in [1.29, 1.82) is 0 Å². The average Bonchev–Trinajstić information content (AvgIpc) is 2.96. The van der Waals surface area contributed by atoms with Crippen LogP contribution in [0.1, 0.15) is 20.8 Å². The predicted octanol–water partition coefficient (Wildman–Crippen LogP) is 3.03. The minimum Gasteiger partial charge on any atom is -0.486 e. The summed E-state index contributed by atoms with van der Waals surface area (Å²) in [5.74, 6) is 0.315. The Balaban J connectivity index is 2.03. The number of rotatable bonds is 7. The summed E-state index contributed by atoms with van der Waals surface area (Å²) in [5, 5.41) is 6.78. The molecule has 7 nitrogen and oxygen atoms in total. The van der Waals surface area contributed by atoms with Crippen LogP contribution in [0.25, 0.3) is 0 Å². The second-order valence-corrected chi connectivity index (χ2v) is 7.89. The second kappa shape index (κ2) is 9.02. The molecule has 0 unspecified atom stereocenters. The quantitative estimate of drug-likeness (QED) is 0.628. The lowest BCUT2D eigenvalue weighted by molar-refractivity contribution is -0.123. The topological polar surface area (TPSA) is 82.5 Å². The predicted molar refractivity (Wildman–Crippen MR) is 105 cm³/mol. The molecule has 1 N–H and O–H groups in total. The van der Waals surface area contributed by atoms with Crippen molar-refractivity contribution in [3.63, 3.8) is 0 Å². The van der Waals surface area contributed by atoms with E-state index in [0.29, 0.717) is 5.75 Å². The standard InChI is InChI=1S/C18H22IN3O4/c1-18(2,3)26-17(24)21-15(11-22-10-13(19)9-20-22)16(23)12-25-14-7-5-4-6-8-14/h4-10,15H,11-12H2,1-3H3,(H,21,24)/t15-/m0/s1. The highest BCUT2D eigenvalue weighted by Crippen LogP contribution is 2.10. The van der Waals surface area contributed by atoms with Crippen molar-refractivity contribution in [3.05, 3.63) is 46.3 Å². The first-order chi connectivity index (χ1) is 12.2. The van der Waals surface area contributed by atoms with E-state index in [1.807, 2.05) is 18.2 Å². The van der Waals surface area contributed by atoms with E-state index < -0.39 is 17.7 Å². The molecular formula is C18H22IN3O4. The van der Waals surface area contributed by atoms with Crippen molar-refractivity contribution in [1.82, 2.24) is 15.1 Å². The third kappa shape index (κ3) is 7.03. The Kier molecular flexibility index (Phi) is 7.01. The summed E-state index contributed by atoms with van der Waals surface area (Å²) >= 11 is 2.13. The summed E-state index contributed by atoms with van der Waals surface area (Å²) < 4.78 is 13.3. The molecule has 0 aliphatic heterocycles. The molecule has 1 heterocycles. The Bertz CT molecular complexity index is 740. The van der Waals surface area contributed by atoms with Crippen LogP contribution in [0.4, 0.5) is 4.79 Å². The molecule has 26 heavy (non-hydrogen) atoms. The first kappa shape index (κ1) is 20.2. The van der Waals surface area contributed by atoms with E-state index in [1.165, 1.54) is 0 Å². The fourth-order valence-electron chi connectivity index (χ4n) is 2.07. The van der Waals surface area contributed by atoms with E-state index in [1.54, 1.807) is 50.0 Å². The van der Waals surface area contributed by atoms with Gasteiger partial charge >= 0.3 is 6.09 Å². The van der Waals surface area contributed by atoms with Gasteiger partial charge in [0.2, 0.25) is 0 Å². The Hall–Kier alpha value is -2.10. The van der Waals surface area contributed by atoms with Crippen LogP contribution in [0, 0.1) is 3.57 Å². The highest BCUT2D eigenvalue weighted by Gasteiger charge is 2.25. The fraction of sp³-hybridized carbons (Fsp3) is 0.389. The van der Waals surface area contributed by atoms with Gasteiger partial charge in [0.15, 0.2) is 5.78 Å². The third-order valence-corrected chi connectivity index (χ3v) is 3.73. The zero-order valence-corrected chi connectivity index (χ0v) is 17.1. The van der Waals surface area contributed by atoms with Crippen LogP contribution in [-0.4, -0.2) is 39.9 Å². The van der Waals surface area contributed by atoms with E-state index in [0.717, 1.165) is 3.57 Å². The molecule has 1 aromatic carbocycles. The number of ketones is 1. The van der Waals surface area contributed by atoms with Crippen LogP contribution >= 0.6 is 22.6 Å². The minimum atomic E-state index is -0.815. The van der Waals surface area contributed by atoms with Crippen molar-refractivity contribution in [2.45, 2.75) is 39.0 Å². The highest BCUT2D eigenvalue weighted by atomic mass is 127. The Morgan fingerprint density at radius 3 is 2.54 bits per heavy atom. The molecule has 0 bridgehead atoms. The number of aromatic nitrogens is 2. The molecule has 0 aliphatic carbocycles. The average molecular weight is 471 g/mol. The summed E-state index contributed by atoms with van der Waals surface area (Å²) in [7, 11) is 0. The number of benzene rings is 1. The first-order valence-corrected chi connectivity index (χ1v) is 9.19. The molecule has 2 aromatic rings. The molecule has 0 radical (unpaired) electrons. The van der Waals surface area contributed by atoms with Crippen molar-refractivity contribution in [2.24, 2.45) is 0 Å². The van der Waals surface area contributed by atoms with Gasteiger partial charge < -0.3 is 14.8 Å². The molecule has 1 atom stereocenters. The summed E-state index contributed by atoms with van der Waals surface area (Å²) in [6.07, 6.45) is 2.81. The van der Waals surface area contributed by atoms with Crippen molar-refractivity contribution >= 4 is 34.5 Å². The molecule has 0 fully saturated rings. The van der Waals surface area contributed by atoms with E-state index >= 15 is 0 Å². The van der Waals surface area contributed by atoms with Gasteiger partial charge in [0.05, 0.1) is 16.3 Å². The molecular weight excluding hydrogens is 449 g/mol. The van der Waals surface area contributed by atoms with Gasteiger partial charge in [-0.15, -0.1) is 0 Å². The van der Waals surface area contributed by atoms with Gasteiger partial charge in [-0.05, 0) is 55.5 Å². The maximum atomic E-state index is 12.6. The van der Waals surface area contributed by atoms with Gasteiger partial charge in [0.25, 0.3) is 0 Å². The Morgan fingerprint density at radius 1 is 1.27 bits per heavy atom. The molecule has 140 valence electrons. The molecule has 2 rings (SSSR count). The van der Waals surface area contributed by atoms with Crippen LogP contribution in [0.5, 0.6) is 5.75 Å². The molecule has 0 saturated carbocycles. The maximum Gasteiger partial charge on any atom is 0.408 e. The summed E-state index contributed by atoms with van der Waals surface area (Å²) in [4.78, 5) is 24.7. The number of nitrogens with one attached hydrogen (secondary N) is 1. The molecule has 8 heteroatoms. The number of nitrogens with zero attached hydrogens (tertiary/aromatic N) is 2. The van der Waals surface area contributed by atoms with Gasteiger partial charge in [0, 0.05) is 6.20 Å².